The Balaban J connectivity index is 1.80. The second-order valence-corrected chi connectivity index (χ2v) is 10.5. The molecular formula is C31H27F8N5O2. The lowest BCUT2D eigenvalue weighted by atomic mass is 9.92. The van der Waals surface area contributed by atoms with Crippen molar-refractivity contribution in [3.05, 3.63) is 106 Å². The standard InChI is InChI=1S/C31H27F8N5O2/c1-3-20(17-5-6-23(34)21(12-17)29(40)46)27(41-4-2)24(11-16-9-18(32)13-19(33)10-16)42-26(45)15-44-25-7-8-30(35,36)14-22(25)28(43-44)31(37,38)39/h3-6,9-10,12-13,24H,1,7-8,11,14-15H2,2H3,(H2,40,46)(H,42,45)/b27-20+,41-4-/t24-/m0/s1. The van der Waals surface area contributed by atoms with Gasteiger partial charge in [0.05, 0.1) is 17.3 Å². The Kier molecular flexibility index (Phi) is 9.82. The minimum Gasteiger partial charge on any atom is -0.366 e. The van der Waals surface area contributed by atoms with Gasteiger partial charge in [0, 0.05) is 42.0 Å². The first-order valence-corrected chi connectivity index (χ1v) is 13.8. The zero-order valence-corrected chi connectivity index (χ0v) is 24.2. The van der Waals surface area contributed by atoms with Crippen LogP contribution in [-0.4, -0.2) is 39.8 Å². The number of primary amides is 1. The van der Waals surface area contributed by atoms with E-state index in [0.29, 0.717) is 10.7 Å². The van der Waals surface area contributed by atoms with E-state index in [1.807, 2.05) is 0 Å². The molecule has 0 aliphatic heterocycles. The lowest BCUT2D eigenvalue weighted by Crippen LogP contribution is -2.40. The summed E-state index contributed by atoms with van der Waals surface area (Å²) >= 11 is 0. The lowest BCUT2D eigenvalue weighted by molar-refractivity contribution is -0.143. The number of alkyl halides is 5. The summed E-state index contributed by atoms with van der Waals surface area (Å²) in [5, 5.41) is 6.04. The van der Waals surface area contributed by atoms with Crippen molar-refractivity contribution in [3.8, 4) is 0 Å². The van der Waals surface area contributed by atoms with Crippen LogP contribution >= 0.6 is 0 Å². The van der Waals surface area contributed by atoms with E-state index < -0.39 is 90.0 Å². The second kappa shape index (κ2) is 13.3. The van der Waals surface area contributed by atoms with Crippen LogP contribution in [-0.2, 0) is 36.8 Å². The third-order valence-corrected chi connectivity index (χ3v) is 7.21. The SMILES string of the molecule is C=C/C(=C(\N=C/C)[C@H](Cc1cc(F)cc(F)c1)NC(=O)Cn1nc(C(F)(F)F)c2c1CCC(F)(F)C2)c1ccc(F)c(C(N)=O)c1. The normalized spacial score (nSPS) is 15.7. The van der Waals surface area contributed by atoms with Gasteiger partial charge in [0.25, 0.3) is 11.8 Å². The Morgan fingerprint density at radius 1 is 1.15 bits per heavy atom. The molecule has 0 unspecified atom stereocenters. The molecule has 0 bridgehead atoms. The van der Waals surface area contributed by atoms with Crippen LogP contribution in [0, 0.1) is 17.5 Å². The predicted molar refractivity (Wildman–Crippen MR) is 152 cm³/mol. The Hall–Kier alpha value is -4.82. The van der Waals surface area contributed by atoms with E-state index in [1.54, 1.807) is 0 Å². The number of nitrogens with two attached hydrogens (primary N) is 1. The van der Waals surface area contributed by atoms with Crippen molar-refractivity contribution in [2.45, 2.75) is 57.3 Å². The first-order valence-electron chi connectivity index (χ1n) is 13.8. The van der Waals surface area contributed by atoms with Gasteiger partial charge in [0.2, 0.25) is 5.91 Å². The number of halogens is 8. The fraction of sp³-hybridized carbons (Fsp3) is 0.290. The Bertz CT molecular complexity index is 1720. The molecule has 1 aromatic heterocycles. The lowest BCUT2D eigenvalue weighted by Gasteiger charge is -2.24. The van der Waals surface area contributed by atoms with Crippen molar-refractivity contribution in [1.29, 1.82) is 0 Å². The number of benzene rings is 2. The summed E-state index contributed by atoms with van der Waals surface area (Å²) in [6.45, 7) is 4.41. The van der Waals surface area contributed by atoms with Crippen LogP contribution < -0.4 is 11.1 Å². The zero-order chi connectivity index (χ0) is 34.0. The fourth-order valence-corrected chi connectivity index (χ4v) is 5.30. The molecule has 0 fully saturated rings. The van der Waals surface area contributed by atoms with Gasteiger partial charge in [-0.15, -0.1) is 0 Å². The third kappa shape index (κ3) is 7.69. The molecule has 3 N–H and O–H groups in total. The first-order chi connectivity index (χ1) is 21.5. The van der Waals surface area contributed by atoms with Gasteiger partial charge in [-0.2, -0.15) is 18.3 Å². The number of carbonyl (C=O) groups is 2. The molecule has 0 spiro atoms. The van der Waals surface area contributed by atoms with Crippen LogP contribution in [0.25, 0.3) is 5.57 Å². The molecule has 46 heavy (non-hydrogen) atoms. The zero-order valence-electron chi connectivity index (χ0n) is 24.2. The van der Waals surface area contributed by atoms with Gasteiger partial charge in [-0.05, 0) is 55.2 Å². The van der Waals surface area contributed by atoms with Gasteiger partial charge in [0.15, 0.2) is 5.69 Å². The maximum atomic E-state index is 14.3. The highest BCUT2D eigenvalue weighted by atomic mass is 19.4. The summed E-state index contributed by atoms with van der Waals surface area (Å²) in [6, 6.07) is 4.71. The summed E-state index contributed by atoms with van der Waals surface area (Å²) in [5.41, 5.74) is 2.79. The smallest absolute Gasteiger partial charge is 0.366 e. The topological polar surface area (TPSA) is 102 Å². The van der Waals surface area contributed by atoms with E-state index in [9.17, 15) is 44.7 Å². The Morgan fingerprint density at radius 3 is 2.41 bits per heavy atom. The predicted octanol–water partition coefficient (Wildman–Crippen LogP) is 5.96. The minimum absolute atomic E-state index is 0.00987. The third-order valence-electron chi connectivity index (χ3n) is 7.21. The number of rotatable bonds is 10. The molecule has 1 heterocycles. The molecule has 1 aliphatic carbocycles. The fourth-order valence-electron chi connectivity index (χ4n) is 5.30. The summed E-state index contributed by atoms with van der Waals surface area (Å²) in [4.78, 5) is 29.5. The van der Waals surface area contributed by atoms with Gasteiger partial charge in [0.1, 0.15) is 24.0 Å². The number of nitrogens with one attached hydrogen (secondary N) is 1. The number of hydrogen-bond acceptors (Lipinski definition) is 4. The molecule has 7 nitrogen and oxygen atoms in total. The van der Waals surface area contributed by atoms with Crippen LogP contribution in [0.5, 0.6) is 0 Å². The highest BCUT2D eigenvalue weighted by Crippen LogP contribution is 2.40. The van der Waals surface area contributed by atoms with Crippen molar-refractivity contribution in [2.24, 2.45) is 10.7 Å². The molecular weight excluding hydrogens is 626 g/mol. The molecule has 15 heteroatoms. The number of aliphatic imine (C=N–C) groups is 1. The van der Waals surface area contributed by atoms with Gasteiger partial charge in [-0.1, -0.05) is 18.7 Å². The molecule has 0 saturated carbocycles. The molecule has 1 aliphatic rings. The molecule has 2 amide bonds. The Labute approximate surface area is 257 Å². The molecule has 244 valence electrons. The van der Waals surface area contributed by atoms with E-state index in [-0.39, 0.29) is 34.5 Å². The van der Waals surface area contributed by atoms with E-state index in [1.165, 1.54) is 25.3 Å². The van der Waals surface area contributed by atoms with E-state index in [4.69, 9.17) is 5.73 Å². The molecule has 3 aromatic rings. The van der Waals surface area contributed by atoms with Crippen molar-refractivity contribution >= 4 is 23.6 Å². The maximum absolute atomic E-state index is 14.3. The van der Waals surface area contributed by atoms with Gasteiger partial charge < -0.3 is 11.1 Å². The molecule has 0 saturated heterocycles. The van der Waals surface area contributed by atoms with Crippen LogP contribution in [0.2, 0.25) is 0 Å². The van der Waals surface area contributed by atoms with Crippen LogP contribution in [0.15, 0.2) is 59.7 Å². The summed E-state index contributed by atoms with van der Waals surface area (Å²) in [5.74, 6) is -8.19. The van der Waals surface area contributed by atoms with Gasteiger partial charge in [-0.3, -0.25) is 19.3 Å². The van der Waals surface area contributed by atoms with Crippen molar-refractivity contribution in [1.82, 2.24) is 15.1 Å². The highest BCUT2D eigenvalue weighted by molar-refractivity contribution is 5.94. The van der Waals surface area contributed by atoms with Gasteiger partial charge >= 0.3 is 6.18 Å². The average Bonchev–Trinajstić information content (AvgIpc) is 3.29. The maximum Gasteiger partial charge on any atom is 0.435 e. The number of fused-ring (bicyclic) bond motifs is 1. The monoisotopic (exact) mass is 653 g/mol. The molecule has 2 aromatic carbocycles. The van der Waals surface area contributed by atoms with Crippen LogP contribution in [0.3, 0.4) is 0 Å². The van der Waals surface area contributed by atoms with E-state index >= 15 is 0 Å². The summed E-state index contributed by atoms with van der Waals surface area (Å²) in [6.07, 6.45) is -5.21. The number of nitrogens with zero attached hydrogens (tertiary/aromatic N) is 3. The van der Waals surface area contributed by atoms with E-state index in [0.717, 1.165) is 24.3 Å². The molecule has 1 atom stereocenters. The molecule has 4 rings (SSSR count). The summed E-state index contributed by atoms with van der Waals surface area (Å²) in [7, 11) is 0. The number of allylic oxidation sites excluding steroid dienone is 2. The van der Waals surface area contributed by atoms with Crippen molar-refractivity contribution in [3.63, 3.8) is 0 Å². The molecule has 0 radical (unpaired) electrons. The first kappa shape index (κ1) is 34.1. The highest BCUT2D eigenvalue weighted by Gasteiger charge is 2.45. The largest absolute Gasteiger partial charge is 0.435 e. The number of carbonyl (C=O) groups excluding carboxylic acids is 2. The van der Waals surface area contributed by atoms with Gasteiger partial charge in [-0.25, -0.2) is 22.0 Å². The summed E-state index contributed by atoms with van der Waals surface area (Å²) < 4.78 is 112. The second-order valence-electron chi connectivity index (χ2n) is 10.5. The van der Waals surface area contributed by atoms with Crippen molar-refractivity contribution in [2.75, 3.05) is 0 Å². The van der Waals surface area contributed by atoms with Crippen LogP contribution in [0.4, 0.5) is 35.1 Å². The van der Waals surface area contributed by atoms with Crippen LogP contribution in [0.1, 0.15) is 51.8 Å². The number of amides is 2. The average molecular weight is 654 g/mol. The number of hydrogen-bond donors (Lipinski definition) is 2. The number of aromatic nitrogens is 2. The van der Waals surface area contributed by atoms with Crippen molar-refractivity contribution < 1.29 is 44.7 Å². The minimum atomic E-state index is -5.06. The Morgan fingerprint density at radius 2 is 1.83 bits per heavy atom. The quantitative estimate of drug-likeness (QED) is 0.161. The van der Waals surface area contributed by atoms with E-state index in [2.05, 4.69) is 22.0 Å².